The van der Waals surface area contributed by atoms with E-state index < -0.39 is 0 Å². The molecular weight excluding hydrogens is 292 g/mol. The van der Waals surface area contributed by atoms with Crippen molar-refractivity contribution in [3.05, 3.63) is 23.8 Å². The zero-order chi connectivity index (χ0) is 16.1. The number of rotatable bonds is 4. The van der Waals surface area contributed by atoms with Crippen molar-refractivity contribution in [2.24, 2.45) is 0 Å². The first-order chi connectivity index (χ1) is 11.3. The summed E-state index contributed by atoms with van der Waals surface area (Å²) in [5.74, 6) is 6.69. The van der Waals surface area contributed by atoms with E-state index in [4.69, 9.17) is 9.47 Å². The maximum absolute atomic E-state index is 11.9. The zero-order valence-corrected chi connectivity index (χ0v) is 13.4. The van der Waals surface area contributed by atoms with Gasteiger partial charge in [-0.1, -0.05) is 12.8 Å². The Balaban J connectivity index is 1.52. The van der Waals surface area contributed by atoms with Crippen molar-refractivity contribution < 1.29 is 14.3 Å². The molecule has 23 heavy (non-hydrogen) atoms. The number of amides is 1. The molecule has 2 aliphatic heterocycles. The summed E-state index contributed by atoms with van der Waals surface area (Å²) in [6.45, 7) is 5.34. The molecule has 122 valence electrons. The van der Waals surface area contributed by atoms with Crippen molar-refractivity contribution in [1.82, 2.24) is 10.2 Å². The Hall–Kier alpha value is -2.19. The fraction of sp³-hybridized carbons (Fsp3) is 0.500. The first kappa shape index (κ1) is 15.7. The van der Waals surface area contributed by atoms with Gasteiger partial charge < -0.3 is 14.8 Å². The molecule has 0 bridgehead atoms. The van der Waals surface area contributed by atoms with Gasteiger partial charge in [-0.3, -0.25) is 9.69 Å². The molecule has 3 rings (SSSR count). The number of nitrogens with one attached hydrogen (secondary N) is 1. The van der Waals surface area contributed by atoms with Crippen LogP contribution in [0.1, 0.15) is 31.7 Å². The third-order valence-electron chi connectivity index (χ3n) is 4.20. The molecule has 1 fully saturated rings. The van der Waals surface area contributed by atoms with Crippen LogP contribution in [0.15, 0.2) is 18.2 Å². The van der Waals surface area contributed by atoms with Crippen molar-refractivity contribution in [3.8, 4) is 23.3 Å². The molecule has 0 aromatic heterocycles. The van der Waals surface area contributed by atoms with E-state index in [1.54, 1.807) is 6.07 Å². The highest BCUT2D eigenvalue weighted by molar-refractivity contribution is 5.94. The van der Waals surface area contributed by atoms with Crippen LogP contribution < -0.4 is 14.8 Å². The lowest BCUT2D eigenvalue weighted by Crippen LogP contribution is -2.40. The van der Waals surface area contributed by atoms with E-state index in [1.165, 1.54) is 6.42 Å². The number of hydrogen-bond acceptors (Lipinski definition) is 4. The summed E-state index contributed by atoms with van der Waals surface area (Å²) >= 11 is 0. The second-order valence-corrected chi connectivity index (χ2v) is 5.86. The molecule has 0 unspecified atom stereocenters. The van der Waals surface area contributed by atoms with Crippen LogP contribution >= 0.6 is 0 Å². The SMILES string of the molecule is CCCN1CCC[C@H]1CNC(=O)C#Cc1ccc2c(c1)OCO2. The van der Waals surface area contributed by atoms with E-state index in [-0.39, 0.29) is 12.7 Å². The number of benzene rings is 1. The molecule has 0 spiro atoms. The van der Waals surface area contributed by atoms with Gasteiger partial charge in [0.15, 0.2) is 11.5 Å². The summed E-state index contributed by atoms with van der Waals surface area (Å²) < 4.78 is 10.5. The molecule has 0 radical (unpaired) electrons. The number of hydrogen-bond donors (Lipinski definition) is 1. The molecular formula is C18H22N2O3. The third-order valence-corrected chi connectivity index (χ3v) is 4.20. The summed E-state index contributed by atoms with van der Waals surface area (Å²) in [5, 5.41) is 2.93. The average molecular weight is 314 g/mol. The van der Waals surface area contributed by atoms with Gasteiger partial charge in [-0.2, -0.15) is 0 Å². The van der Waals surface area contributed by atoms with E-state index in [9.17, 15) is 4.79 Å². The number of ether oxygens (including phenoxy) is 2. The van der Waals surface area contributed by atoms with E-state index in [0.717, 1.165) is 37.2 Å². The van der Waals surface area contributed by atoms with Crippen LogP contribution in [0.4, 0.5) is 0 Å². The number of likely N-dealkylation sites (tertiary alicyclic amines) is 1. The number of fused-ring (bicyclic) bond motifs is 1. The second kappa shape index (κ2) is 7.38. The molecule has 1 amide bonds. The lowest BCUT2D eigenvalue weighted by atomic mass is 10.2. The largest absolute Gasteiger partial charge is 0.454 e. The molecule has 0 aliphatic carbocycles. The smallest absolute Gasteiger partial charge is 0.296 e. The molecule has 1 atom stereocenters. The first-order valence-corrected chi connectivity index (χ1v) is 8.20. The zero-order valence-electron chi connectivity index (χ0n) is 13.4. The highest BCUT2D eigenvalue weighted by atomic mass is 16.7. The Bertz CT molecular complexity index is 633. The second-order valence-electron chi connectivity index (χ2n) is 5.86. The lowest BCUT2D eigenvalue weighted by Gasteiger charge is -2.23. The van der Waals surface area contributed by atoms with Gasteiger partial charge in [-0.05, 0) is 50.6 Å². The molecule has 2 aliphatic rings. The van der Waals surface area contributed by atoms with Gasteiger partial charge in [-0.15, -0.1) is 0 Å². The van der Waals surface area contributed by atoms with Gasteiger partial charge >= 0.3 is 0 Å². The van der Waals surface area contributed by atoms with Gasteiger partial charge in [0.1, 0.15) is 0 Å². The normalized spacial score (nSPS) is 19.3. The average Bonchev–Trinajstić information content (AvgIpc) is 3.19. The Kier molecular flexibility index (Phi) is 5.04. The summed E-state index contributed by atoms with van der Waals surface area (Å²) in [4.78, 5) is 14.4. The van der Waals surface area contributed by atoms with Crippen LogP contribution in [-0.2, 0) is 4.79 Å². The van der Waals surface area contributed by atoms with E-state index in [0.29, 0.717) is 18.3 Å². The molecule has 1 saturated heterocycles. The van der Waals surface area contributed by atoms with Crippen molar-refractivity contribution in [1.29, 1.82) is 0 Å². The van der Waals surface area contributed by atoms with Crippen molar-refractivity contribution in [2.75, 3.05) is 26.4 Å². The molecule has 0 saturated carbocycles. The van der Waals surface area contributed by atoms with Crippen LogP contribution in [0.25, 0.3) is 0 Å². The predicted octanol–water partition coefficient (Wildman–Crippen LogP) is 1.76. The van der Waals surface area contributed by atoms with Crippen LogP contribution in [0, 0.1) is 11.8 Å². The topological polar surface area (TPSA) is 50.8 Å². The molecule has 5 nitrogen and oxygen atoms in total. The number of carbonyl (C=O) groups excluding carboxylic acids is 1. The molecule has 1 aromatic rings. The lowest BCUT2D eigenvalue weighted by molar-refractivity contribution is -0.115. The molecule has 1 N–H and O–H groups in total. The van der Waals surface area contributed by atoms with Crippen LogP contribution in [-0.4, -0.2) is 43.3 Å². The minimum absolute atomic E-state index is 0.231. The summed E-state index contributed by atoms with van der Waals surface area (Å²) in [6.07, 6.45) is 3.51. The number of nitrogens with zero attached hydrogens (tertiary/aromatic N) is 1. The van der Waals surface area contributed by atoms with E-state index in [2.05, 4.69) is 29.0 Å². The Morgan fingerprint density at radius 3 is 3.13 bits per heavy atom. The van der Waals surface area contributed by atoms with Gasteiger partial charge in [-0.25, -0.2) is 0 Å². The van der Waals surface area contributed by atoms with Gasteiger partial charge in [0, 0.05) is 24.1 Å². The minimum Gasteiger partial charge on any atom is -0.454 e. The van der Waals surface area contributed by atoms with Crippen molar-refractivity contribution in [2.45, 2.75) is 32.2 Å². The first-order valence-electron chi connectivity index (χ1n) is 8.20. The fourth-order valence-corrected chi connectivity index (χ4v) is 3.07. The van der Waals surface area contributed by atoms with Crippen LogP contribution in [0.5, 0.6) is 11.5 Å². The highest BCUT2D eigenvalue weighted by Gasteiger charge is 2.23. The van der Waals surface area contributed by atoms with E-state index in [1.807, 2.05) is 12.1 Å². The molecule has 5 heteroatoms. The summed E-state index contributed by atoms with van der Waals surface area (Å²) in [7, 11) is 0. The van der Waals surface area contributed by atoms with Crippen molar-refractivity contribution in [3.63, 3.8) is 0 Å². The summed E-state index contributed by atoms with van der Waals surface area (Å²) in [6, 6.07) is 5.88. The van der Waals surface area contributed by atoms with Gasteiger partial charge in [0.2, 0.25) is 6.79 Å². The van der Waals surface area contributed by atoms with Gasteiger partial charge in [0.05, 0.1) is 0 Å². The quantitative estimate of drug-likeness (QED) is 0.861. The van der Waals surface area contributed by atoms with Crippen molar-refractivity contribution >= 4 is 5.91 Å². The fourth-order valence-electron chi connectivity index (χ4n) is 3.07. The standard InChI is InChI=1S/C18H22N2O3/c1-2-9-20-10-3-4-15(20)12-19-18(21)8-6-14-5-7-16-17(11-14)23-13-22-16/h5,7,11,15H,2-4,9-10,12-13H2,1H3,(H,19,21)/t15-/m0/s1. The van der Waals surface area contributed by atoms with Gasteiger partial charge in [0.25, 0.3) is 5.91 Å². The minimum atomic E-state index is -0.231. The molecule has 2 heterocycles. The maximum atomic E-state index is 11.9. The predicted molar refractivity (Wildman–Crippen MR) is 87.3 cm³/mol. The summed E-state index contributed by atoms with van der Waals surface area (Å²) in [5.41, 5.74) is 0.748. The van der Waals surface area contributed by atoms with Crippen LogP contribution in [0.2, 0.25) is 0 Å². The Morgan fingerprint density at radius 1 is 1.39 bits per heavy atom. The Morgan fingerprint density at radius 2 is 2.26 bits per heavy atom. The Labute approximate surface area is 136 Å². The highest BCUT2D eigenvalue weighted by Crippen LogP contribution is 2.32. The maximum Gasteiger partial charge on any atom is 0.296 e. The number of carbonyl (C=O) groups is 1. The monoisotopic (exact) mass is 314 g/mol. The molecule has 1 aromatic carbocycles. The van der Waals surface area contributed by atoms with Crippen LogP contribution in [0.3, 0.4) is 0 Å². The third kappa shape index (κ3) is 3.96. The van der Waals surface area contributed by atoms with E-state index >= 15 is 0 Å².